The van der Waals surface area contributed by atoms with E-state index in [1.807, 2.05) is 0 Å². The molecule has 0 saturated carbocycles. The van der Waals surface area contributed by atoms with Crippen LogP contribution in [0.5, 0.6) is 0 Å². The van der Waals surface area contributed by atoms with E-state index < -0.39 is 0 Å². The summed E-state index contributed by atoms with van der Waals surface area (Å²) >= 11 is 0. The topological polar surface area (TPSA) is 59.3 Å². The van der Waals surface area contributed by atoms with Crippen LogP contribution in [0.15, 0.2) is 0 Å². The largest absolute Gasteiger partial charge is 0.376 e. The molecule has 0 aromatic carbocycles. The molecule has 0 aromatic rings. The lowest BCUT2D eigenvalue weighted by atomic mass is 10.2. The van der Waals surface area contributed by atoms with Crippen LogP contribution < -0.4 is 16.4 Å². The van der Waals surface area contributed by atoms with Crippen molar-refractivity contribution in [2.24, 2.45) is 5.73 Å². The first-order valence-corrected chi connectivity index (χ1v) is 4.66. The van der Waals surface area contributed by atoms with Gasteiger partial charge in [0.2, 0.25) is 0 Å². The third-order valence-electron chi connectivity index (χ3n) is 1.97. The fraction of sp³-hybridized carbons (Fsp3) is 1.00. The maximum Gasteiger partial charge on any atom is 0.0712 e. The minimum atomic E-state index is 0.393. The molecule has 1 saturated heterocycles. The van der Waals surface area contributed by atoms with Crippen LogP contribution in [0.4, 0.5) is 0 Å². The molecule has 0 bridgehead atoms. The van der Waals surface area contributed by atoms with Crippen LogP contribution in [0.1, 0.15) is 6.42 Å². The highest BCUT2D eigenvalue weighted by atomic mass is 16.5. The van der Waals surface area contributed by atoms with E-state index in [0.717, 1.165) is 39.2 Å². The van der Waals surface area contributed by atoms with Crippen LogP contribution >= 0.6 is 0 Å². The first-order chi connectivity index (χ1) is 5.93. The van der Waals surface area contributed by atoms with Gasteiger partial charge in [0.05, 0.1) is 12.7 Å². The Morgan fingerprint density at radius 2 is 2.42 bits per heavy atom. The van der Waals surface area contributed by atoms with E-state index in [9.17, 15) is 0 Å². The first kappa shape index (κ1) is 9.92. The van der Waals surface area contributed by atoms with Gasteiger partial charge in [0.15, 0.2) is 0 Å². The van der Waals surface area contributed by atoms with Crippen molar-refractivity contribution in [2.75, 3.05) is 39.3 Å². The molecule has 0 amide bonds. The van der Waals surface area contributed by atoms with Gasteiger partial charge in [-0.2, -0.15) is 0 Å². The van der Waals surface area contributed by atoms with Crippen LogP contribution in [0.3, 0.4) is 0 Å². The van der Waals surface area contributed by atoms with E-state index in [-0.39, 0.29) is 0 Å². The van der Waals surface area contributed by atoms with Gasteiger partial charge in [-0.25, -0.2) is 0 Å². The number of rotatable bonds is 5. The quantitative estimate of drug-likeness (QED) is 0.463. The second-order valence-corrected chi connectivity index (χ2v) is 3.02. The molecule has 1 unspecified atom stereocenters. The molecule has 1 atom stereocenters. The molecule has 72 valence electrons. The Hall–Kier alpha value is -0.160. The van der Waals surface area contributed by atoms with E-state index in [2.05, 4.69) is 10.6 Å². The predicted molar refractivity (Wildman–Crippen MR) is 49.2 cm³/mol. The summed E-state index contributed by atoms with van der Waals surface area (Å²) in [5.41, 5.74) is 5.34. The molecule has 4 N–H and O–H groups in total. The molecule has 1 aliphatic rings. The SMILES string of the molecule is NCCNCCC1CNCCO1. The fourth-order valence-corrected chi connectivity index (χ4v) is 1.30. The molecule has 4 heteroatoms. The van der Waals surface area contributed by atoms with Gasteiger partial charge in [0, 0.05) is 26.2 Å². The fourth-order valence-electron chi connectivity index (χ4n) is 1.30. The maximum absolute atomic E-state index is 5.52. The predicted octanol–water partition coefficient (Wildman–Crippen LogP) is -1.09. The highest BCUT2D eigenvalue weighted by Crippen LogP contribution is 1.99. The molecular formula is C8H19N3O. The molecule has 1 fully saturated rings. The van der Waals surface area contributed by atoms with Gasteiger partial charge in [-0.3, -0.25) is 0 Å². The van der Waals surface area contributed by atoms with Crippen LogP contribution in [0.2, 0.25) is 0 Å². The normalized spacial score (nSPS) is 24.2. The van der Waals surface area contributed by atoms with Crippen molar-refractivity contribution < 1.29 is 4.74 Å². The van der Waals surface area contributed by atoms with E-state index >= 15 is 0 Å². The molecule has 12 heavy (non-hydrogen) atoms. The van der Waals surface area contributed by atoms with Crippen LogP contribution in [0.25, 0.3) is 0 Å². The number of nitrogens with two attached hydrogens (primary N) is 1. The third kappa shape index (κ3) is 4.01. The average molecular weight is 173 g/mol. The smallest absolute Gasteiger partial charge is 0.0712 e. The van der Waals surface area contributed by atoms with Crippen molar-refractivity contribution in [1.29, 1.82) is 0 Å². The molecule has 0 aliphatic carbocycles. The van der Waals surface area contributed by atoms with Crippen LogP contribution in [-0.4, -0.2) is 45.4 Å². The van der Waals surface area contributed by atoms with Crippen LogP contribution in [-0.2, 0) is 4.74 Å². The number of hydrogen-bond acceptors (Lipinski definition) is 4. The molecule has 1 aliphatic heterocycles. The van der Waals surface area contributed by atoms with Crippen molar-refractivity contribution in [3.8, 4) is 0 Å². The summed E-state index contributed by atoms with van der Waals surface area (Å²) in [5.74, 6) is 0. The van der Waals surface area contributed by atoms with Crippen molar-refractivity contribution in [1.82, 2.24) is 10.6 Å². The summed E-state index contributed by atoms with van der Waals surface area (Å²) in [6, 6.07) is 0. The Balaban J connectivity index is 1.91. The zero-order valence-electron chi connectivity index (χ0n) is 7.51. The molecule has 1 rings (SSSR count). The van der Waals surface area contributed by atoms with Gasteiger partial charge in [0.1, 0.15) is 0 Å². The Labute approximate surface area is 73.8 Å². The lowest BCUT2D eigenvalue weighted by Crippen LogP contribution is -2.40. The van der Waals surface area contributed by atoms with Crippen molar-refractivity contribution in [3.05, 3.63) is 0 Å². The number of nitrogens with one attached hydrogen (secondary N) is 2. The summed E-state index contributed by atoms with van der Waals surface area (Å²) < 4.78 is 5.52. The second kappa shape index (κ2) is 6.37. The molecular weight excluding hydrogens is 154 g/mol. The highest BCUT2D eigenvalue weighted by Gasteiger charge is 2.11. The summed E-state index contributed by atoms with van der Waals surface area (Å²) in [6.07, 6.45) is 1.47. The molecule has 0 radical (unpaired) electrons. The van der Waals surface area contributed by atoms with Gasteiger partial charge < -0.3 is 21.1 Å². The summed E-state index contributed by atoms with van der Waals surface area (Å²) in [4.78, 5) is 0. The van der Waals surface area contributed by atoms with E-state index in [1.165, 1.54) is 0 Å². The summed E-state index contributed by atoms with van der Waals surface area (Å²) in [7, 11) is 0. The Morgan fingerprint density at radius 3 is 3.08 bits per heavy atom. The minimum Gasteiger partial charge on any atom is -0.376 e. The van der Waals surface area contributed by atoms with Crippen molar-refractivity contribution in [3.63, 3.8) is 0 Å². The Morgan fingerprint density at radius 1 is 1.50 bits per heavy atom. The van der Waals surface area contributed by atoms with Crippen LogP contribution in [0, 0.1) is 0 Å². The van der Waals surface area contributed by atoms with Gasteiger partial charge in [-0.15, -0.1) is 0 Å². The van der Waals surface area contributed by atoms with Gasteiger partial charge in [0.25, 0.3) is 0 Å². The standard InChI is InChI=1S/C8H19N3O/c9-2-4-10-3-1-8-7-11-5-6-12-8/h8,10-11H,1-7,9H2. The number of hydrogen-bond donors (Lipinski definition) is 3. The maximum atomic E-state index is 5.52. The lowest BCUT2D eigenvalue weighted by molar-refractivity contribution is 0.0239. The summed E-state index contributed by atoms with van der Waals surface area (Å²) in [6.45, 7) is 5.45. The van der Waals surface area contributed by atoms with Crippen molar-refractivity contribution in [2.45, 2.75) is 12.5 Å². The van der Waals surface area contributed by atoms with Crippen molar-refractivity contribution >= 4 is 0 Å². The van der Waals surface area contributed by atoms with E-state index in [0.29, 0.717) is 12.6 Å². The zero-order valence-corrected chi connectivity index (χ0v) is 7.51. The third-order valence-corrected chi connectivity index (χ3v) is 1.97. The van der Waals surface area contributed by atoms with Gasteiger partial charge in [-0.05, 0) is 13.0 Å². The Kier molecular flexibility index (Phi) is 5.27. The number of morpholine rings is 1. The average Bonchev–Trinajstić information content (AvgIpc) is 2.14. The zero-order chi connectivity index (χ0) is 8.65. The highest BCUT2D eigenvalue weighted by molar-refractivity contribution is 4.67. The van der Waals surface area contributed by atoms with E-state index in [4.69, 9.17) is 10.5 Å². The lowest BCUT2D eigenvalue weighted by Gasteiger charge is -2.23. The van der Waals surface area contributed by atoms with Gasteiger partial charge >= 0.3 is 0 Å². The molecule has 1 heterocycles. The minimum absolute atomic E-state index is 0.393. The molecule has 4 nitrogen and oxygen atoms in total. The second-order valence-electron chi connectivity index (χ2n) is 3.02. The monoisotopic (exact) mass is 173 g/mol. The van der Waals surface area contributed by atoms with Gasteiger partial charge in [-0.1, -0.05) is 0 Å². The summed E-state index contributed by atoms with van der Waals surface area (Å²) in [5, 5.41) is 6.55. The number of ether oxygens (including phenoxy) is 1. The first-order valence-electron chi connectivity index (χ1n) is 4.66. The Bertz CT molecular complexity index is 104. The van der Waals surface area contributed by atoms with E-state index in [1.54, 1.807) is 0 Å². The molecule has 0 aromatic heterocycles. The molecule has 0 spiro atoms.